The third-order valence-electron chi connectivity index (χ3n) is 6.70. The van der Waals surface area contributed by atoms with E-state index in [1.54, 1.807) is 24.5 Å². The first-order valence-corrected chi connectivity index (χ1v) is 12.4. The van der Waals surface area contributed by atoms with Gasteiger partial charge in [0.15, 0.2) is 0 Å². The van der Waals surface area contributed by atoms with Crippen LogP contribution in [0.1, 0.15) is 28.8 Å². The van der Waals surface area contributed by atoms with Crippen molar-refractivity contribution in [1.82, 2.24) is 20.1 Å². The predicted molar refractivity (Wildman–Crippen MR) is 134 cm³/mol. The van der Waals surface area contributed by atoms with Crippen LogP contribution in [0.2, 0.25) is 0 Å². The van der Waals surface area contributed by atoms with Crippen molar-refractivity contribution in [3.8, 4) is 5.75 Å². The van der Waals surface area contributed by atoms with Gasteiger partial charge in [-0.3, -0.25) is 19.6 Å². The van der Waals surface area contributed by atoms with Crippen LogP contribution in [0.4, 0.5) is 4.39 Å². The molecule has 36 heavy (non-hydrogen) atoms. The van der Waals surface area contributed by atoms with Crippen LogP contribution in [0.3, 0.4) is 0 Å². The molecule has 188 valence electrons. The standard InChI is InChI=1S/C28H31FN4O3/c29-24-9-3-2-8-23(24)26-20-32(19-22-6-1-4-10-25(22)36-26)13-12-31-28(34)27(21-7-5-11-30-18-21)33-14-16-35-17-15-33/h1-11,18,26-27H,12-17,19-20H2,(H,31,34)/t26-,27-/m0/s1. The van der Waals surface area contributed by atoms with E-state index in [0.717, 1.165) is 16.9 Å². The van der Waals surface area contributed by atoms with Gasteiger partial charge in [0.1, 0.15) is 23.7 Å². The van der Waals surface area contributed by atoms with Gasteiger partial charge in [-0.1, -0.05) is 42.5 Å². The number of carbonyl (C=O) groups is 1. The van der Waals surface area contributed by atoms with Gasteiger partial charge in [0, 0.05) is 62.8 Å². The minimum absolute atomic E-state index is 0.0537. The second kappa shape index (κ2) is 11.6. The summed E-state index contributed by atoms with van der Waals surface area (Å²) >= 11 is 0. The third-order valence-corrected chi connectivity index (χ3v) is 6.70. The van der Waals surface area contributed by atoms with Gasteiger partial charge in [0.2, 0.25) is 5.91 Å². The quantitative estimate of drug-likeness (QED) is 0.548. The first kappa shape index (κ1) is 24.4. The maximum Gasteiger partial charge on any atom is 0.242 e. The van der Waals surface area contributed by atoms with Crippen molar-refractivity contribution < 1.29 is 18.7 Å². The molecule has 3 aromatic rings. The number of rotatable bonds is 7. The number of carbonyl (C=O) groups excluding carboxylic acids is 1. The van der Waals surface area contributed by atoms with E-state index in [1.807, 2.05) is 42.5 Å². The Bertz CT molecular complexity index is 1160. The SMILES string of the molecule is O=C(NCCN1Cc2ccccc2O[C@H](c2ccccc2F)C1)[C@H](c1cccnc1)N1CCOCC1. The van der Waals surface area contributed by atoms with Crippen molar-refractivity contribution in [2.75, 3.05) is 45.9 Å². The molecule has 7 nitrogen and oxygen atoms in total. The molecule has 1 N–H and O–H groups in total. The smallest absolute Gasteiger partial charge is 0.242 e. The molecule has 0 radical (unpaired) electrons. The second-order valence-electron chi connectivity index (χ2n) is 9.10. The van der Waals surface area contributed by atoms with Gasteiger partial charge in [0.25, 0.3) is 0 Å². The van der Waals surface area contributed by atoms with E-state index in [4.69, 9.17) is 9.47 Å². The van der Waals surface area contributed by atoms with Crippen molar-refractivity contribution in [3.05, 3.63) is 95.6 Å². The fourth-order valence-electron chi connectivity index (χ4n) is 4.88. The Labute approximate surface area is 210 Å². The normalized spacial score (nSPS) is 19.5. The lowest BCUT2D eigenvalue weighted by molar-refractivity contribution is -0.128. The fourth-order valence-corrected chi connectivity index (χ4v) is 4.88. The molecule has 5 rings (SSSR count). The van der Waals surface area contributed by atoms with Crippen LogP contribution in [-0.4, -0.2) is 66.6 Å². The zero-order valence-electron chi connectivity index (χ0n) is 20.2. The zero-order chi connectivity index (χ0) is 24.7. The fraction of sp³-hybridized carbons (Fsp3) is 0.357. The van der Waals surface area contributed by atoms with Gasteiger partial charge in [-0.2, -0.15) is 0 Å². The summed E-state index contributed by atoms with van der Waals surface area (Å²) in [5.74, 6) is 0.434. The number of ether oxygens (including phenoxy) is 2. The monoisotopic (exact) mass is 490 g/mol. The predicted octanol–water partition coefficient (Wildman–Crippen LogP) is 3.35. The molecular formula is C28H31FN4O3. The summed E-state index contributed by atoms with van der Waals surface area (Å²) in [5.41, 5.74) is 2.45. The van der Waals surface area contributed by atoms with Crippen LogP contribution in [0.5, 0.6) is 5.75 Å². The molecule has 2 aromatic carbocycles. The summed E-state index contributed by atoms with van der Waals surface area (Å²) in [5, 5.41) is 3.13. The molecule has 0 aliphatic carbocycles. The van der Waals surface area contributed by atoms with E-state index >= 15 is 0 Å². The van der Waals surface area contributed by atoms with Gasteiger partial charge in [-0.05, 0) is 23.8 Å². The maximum atomic E-state index is 14.6. The molecule has 1 saturated heterocycles. The van der Waals surface area contributed by atoms with Gasteiger partial charge < -0.3 is 14.8 Å². The van der Waals surface area contributed by atoms with Crippen LogP contribution in [0.25, 0.3) is 0 Å². The Hall–Kier alpha value is -3.33. The Morgan fingerprint density at radius 1 is 1.08 bits per heavy atom. The lowest BCUT2D eigenvalue weighted by Gasteiger charge is -2.33. The summed E-state index contributed by atoms with van der Waals surface area (Å²) in [4.78, 5) is 21.9. The minimum Gasteiger partial charge on any atom is -0.484 e. The number of hydrogen-bond acceptors (Lipinski definition) is 6. The lowest BCUT2D eigenvalue weighted by Crippen LogP contribution is -2.47. The van der Waals surface area contributed by atoms with Gasteiger partial charge in [-0.25, -0.2) is 4.39 Å². The number of aromatic nitrogens is 1. The number of para-hydroxylation sites is 1. The highest BCUT2D eigenvalue weighted by atomic mass is 19.1. The van der Waals surface area contributed by atoms with Crippen molar-refractivity contribution >= 4 is 5.91 Å². The number of halogens is 1. The van der Waals surface area contributed by atoms with Gasteiger partial charge >= 0.3 is 0 Å². The van der Waals surface area contributed by atoms with Crippen LogP contribution in [0, 0.1) is 5.82 Å². The van der Waals surface area contributed by atoms with E-state index < -0.39 is 12.1 Å². The van der Waals surface area contributed by atoms with E-state index in [0.29, 0.717) is 58.0 Å². The van der Waals surface area contributed by atoms with Crippen LogP contribution < -0.4 is 10.1 Å². The Balaban J connectivity index is 1.28. The first-order chi connectivity index (χ1) is 17.7. The summed E-state index contributed by atoms with van der Waals surface area (Å²) in [6.07, 6.45) is 3.02. The van der Waals surface area contributed by atoms with Crippen molar-refractivity contribution in [2.24, 2.45) is 0 Å². The summed E-state index contributed by atoms with van der Waals surface area (Å²) < 4.78 is 26.4. The number of nitrogens with one attached hydrogen (secondary N) is 1. The molecule has 0 unspecified atom stereocenters. The van der Waals surface area contributed by atoms with Crippen LogP contribution in [-0.2, 0) is 16.1 Å². The number of nitrogens with zero attached hydrogens (tertiary/aromatic N) is 3. The Morgan fingerprint density at radius 3 is 2.69 bits per heavy atom. The molecular weight excluding hydrogens is 459 g/mol. The molecule has 0 saturated carbocycles. The van der Waals surface area contributed by atoms with Crippen molar-refractivity contribution in [2.45, 2.75) is 18.7 Å². The molecule has 1 amide bonds. The Kier molecular flexibility index (Phi) is 7.85. The first-order valence-electron chi connectivity index (χ1n) is 12.4. The largest absolute Gasteiger partial charge is 0.484 e. The highest BCUT2D eigenvalue weighted by molar-refractivity contribution is 5.83. The molecule has 3 heterocycles. The third kappa shape index (κ3) is 5.73. The number of hydrogen-bond donors (Lipinski definition) is 1. The molecule has 2 aliphatic heterocycles. The van der Waals surface area contributed by atoms with Gasteiger partial charge in [-0.15, -0.1) is 0 Å². The second-order valence-corrected chi connectivity index (χ2v) is 9.10. The number of benzene rings is 2. The number of morpholine rings is 1. The summed E-state index contributed by atoms with van der Waals surface area (Å²) in [7, 11) is 0. The van der Waals surface area contributed by atoms with E-state index in [2.05, 4.69) is 20.1 Å². The molecule has 0 spiro atoms. The van der Waals surface area contributed by atoms with Crippen LogP contribution >= 0.6 is 0 Å². The molecule has 2 atom stereocenters. The highest BCUT2D eigenvalue weighted by Gasteiger charge is 2.30. The average Bonchev–Trinajstić information content (AvgIpc) is 3.09. The number of fused-ring (bicyclic) bond motifs is 1. The number of amides is 1. The van der Waals surface area contributed by atoms with E-state index in [-0.39, 0.29) is 11.7 Å². The summed E-state index contributed by atoms with van der Waals surface area (Å²) in [6.45, 7) is 4.84. The molecule has 2 aliphatic rings. The highest BCUT2D eigenvalue weighted by Crippen LogP contribution is 2.32. The molecule has 1 aromatic heterocycles. The summed E-state index contributed by atoms with van der Waals surface area (Å²) in [6, 6.07) is 18.0. The zero-order valence-corrected chi connectivity index (χ0v) is 20.2. The van der Waals surface area contributed by atoms with E-state index in [1.165, 1.54) is 6.07 Å². The molecule has 8 heteroatoms. The molecule has 1 fully saturated rings. The van der Waals surface area contributed by atoms with E-state index in [9.17, 15) is 9.18 Å². The maximum absolute atomic E-state index is 14.6. The van der Waals surface area contributed by atoms with Crippen LogP contribution in [0.15, 0.2) is 73.1 Å². The topological polar surface area (TPSA) is 66.9 Å². The minimum atomic E-state index is -0.443. The van der Waals surface area contributed by atoms with Crippen molar-refractivity contribution in [3.63, 3.8) is 0 Å². The van der Waals surface area contributed by atoms with Crippen molar-refractivity contribution in [1.29, 1.82) is 0 Å². The Morgan fingerprint density at radius 2 is 1.89 bits per heavy atom. The average molecular weight is 491 g/mol. The lowest BCUT2D eigenvalue weighted by atomic mass is 10.1. The van der Waals surface area contributed by atoms with Gasteiger partial charge in [0.05, 0.1) is 13.2 Å². The molecule has 0 bridgehead atoms. The number of pyridine rings is 1.